The summed E-state index contributed by atoms with van der Waals surface area (Å²) in [5.74, 6) is 1.77. The molecule has 0 saturated heterocycles. The van der Waals surface area contributed by atoms with E-state index in [1.54, 1.807) is 11.8 Å². The molecule has 6 heteroatoms. The molecule has 0 N–H and O–H groups in total. The van der Waals surface area contributed by atoms with Gasteiger partial charge in [0.1, 0.15) is 11.2 Å². The van der Waals surface area contributed by atoms with Crippen LogP contribution in [0.2, 0.25) is 0 Å². The first-order valence-electron chi connectivity index (χ1n) is 18.3. The van der Waals surface area contributed by atoms with Crippen LogP contribution in [0.4, 0.5) is 17.3 Å². The Morgan fingerprint density at radius 1 is 0.382 bits per heavy atom. The Hall–Kier alpha value is -7.02. The van der Waals surface area contributed by atoms with Crippen molar-refractivity contribution in [2.75, 3.05) is 4.90 Å². The number of rotatable bonds is 3. The molecule has 256 valence electrons. The van der Waals surface area contributed by atoms with Crippen LogP contribution in [0, 0.1) is 0 Å². The van der Waals surface area contributed by atoms with Crippen LogP contribution in [0.15, 0.2) is 184 Å². The van der Waals surface area contributed by atoms with E-state index >= 15 is 0 Å². The van der Waals surface area contributed by atoms with Gasteiger partial charge < -0.3 is 4.42 Å². The molecular weight excluding hydrogens is 693 g/mol. The molecule has 1 aliphatic rings. The minimum absolute atomic E-state index is 0.546. The number of fused-ring (bicyclic) bond motifs is 12. The smallest absolute Gasteiger partial charge is 0.238 e. The van der Waals surface area contributed by atoms with Crippen LogP contribution in [0.5, 0.6) is 0 Å². The molecular formula is C49H28N4OS. The van der Waals surface area contributed by atoms with Crippen LogP contribution in [-0.4, -0.2) is 15.0 Å². The molecule has 3 heterocycles. The van der Waals surface area contributed by atoms with Gasteiger partial charge in [0, 0.05) is 37.8 Å². The van der Waals surface area contributed by atoms with Crippen molar-refractivity contribution in [1.29, 1.82) is 0 Å². The summed E-state index contributed by atoms with van der Waals surface area (Å²) >= 11 is 1.78. The van der Waals surface area contributed by atoms with Crippen molar-refractivity contribution in [1.82, 2.24) is 15.0 Å². The van der Waals surface area contributed by atoms with E-state index in [9.17, 15) is 0 Å². The Morgan fingerprint density at radius 2 is 0.855 bits per heavy atom. The zero-order valence-electron chi connectivity index (χ0n) is 29.3. The van der Waals surface area contributed by atoms with Crippen molar-refractivity contribution >= 4 is 94.1 Å². The maximum atomic E-state index is 6.83. The Bertz CT molecular complexity index is 3300. The second-order valence-corrected chi connectivity index (χ2v) is 15.1. The lowest BCUT2D eigenvalue weighted by Crippen LogP contribution is -2.18. The third-order valence-electron chi connectivity index (χ3n) is 10.8. The Morgan fingerprint density at radius 3 is 1.49 bits per heavy atom. The lowest BCUT2D eigenvalue weighted by atomic mass is 9.93. The second-order valence-electron chi connectivity index (χ2n) is 14.0. The highest BCUT2D eigenvalue weighted by Crippen LogP contribution is 2.54. The summed E-state index contributed by atoms with van der Waals surface area (Å²) in [6.07, 6.45) is 0. The first-order valence-corrected chi connectivity index (χ1v) is 19.2. The van der Waals surface area contributed by atoms with Crippen LogP contribution < -0.4 is 4.90 Å². The molecule has 0 bridgehead atoms. The van der Waals surface area contributed by atoms with Gasteiger partial charge in [0.2, 0.25) is 5.95 Å². The number of nitrogens with zero attached hydrogens (tertiary/aromatic N) is 4. The summed E-state index contributed by atoms with van der Waals surface area (Å²) in [4.78, 5) is 19.9. The summed E-state index contributed by atoms with van der Waals surface area (Å²) in [5, 5.41) is 11.9. The van der Waals surface area contributed by atoms with Crippen molar-refractivity contribution < 1.29 is 4.42 Å². The minimum Gasteiger partial charge on any atom is -0.456 e. The fraction of sp³-hybridized carbons (Fsp3) is 0. The van der Waals surface area contributed by atoms with Crippen LogP contribution in [-0.2, 0) is 0 Å². The summed E-state index contributed by atoms with van der Waals surface area (Å²) in [7, 11) is 0. The molecule has 1 aliphatic heterocycles. The molecule has 9 aromatic carbocycles. The van der Waals surface area contributed by atoms with E-state index in [0.717, 1.165) is 59.6 Å². The fourth-order valence-corrected chi connectivity index (χ4v) is 9.38. The predicted molar refractivity (Wildman–Crippen MR) is 227 cm³/mol. The SMILES string of the molecule is c1ccc(-c2nc(-c3ccccc3)nc(N3c4cc5ccccc5cc4Sc4cc5c(cc43)oc3cc4c6ccccc6c6ccccc6c4cc35)n2)cc1. The van der Waals surface area contributed by atoms with Gasteiger partial charge in [-0.25, -0.2) is 4.98 Å². The highest BCUT2D eigenvalue weighted by atomic mass is 32.2. The van der Waals surface area contributed by atoms with Gasteiger partial charge in [-0.3, -0.25) is 4.90 Å². The minimum atomic E-state index is 0.546. The molecule has 0 amide bonds. The molecule has 55 heavy (non-hydrogen) atoms. The van der Waals surface area contributed by atoms with E-state index in [1.807, 2.05) is 60.7 Å². The number of hydrogen-bond donors (Lipinski definition) is 0. The number of benzene rings is 9. The van der Waals surface area contributed by atoms with Crippen LogP contribution >= 0.6 is 11.8 Å². The quantitative estimate of drug-likeness (QED) is 0.169. The molecule has 12 rings (SSSR count). The van der Waals surface area contributed by atoms with Gasteiger partial charge in [-0.15, -0.1) is 0 Å². The summed E-state index contributed by atoms with van der Waals surface area (Å²) in [6, 6.07) is 59.7. The molecule has 11 aromatic rings. The normalized spacial score (nSPS) is 12.6. The first kappa shape index (κ1) is 30.4. The van der Waals surface area contributed by atoms with Crippen molar-refractivity contribution in [3.8, 4) is 22.8 Å². The van der Waals surface area contributed by atoms with Gasteiger partial charge in [0.15, 0.2) is 11.6 Å². The Labute approximate surface area is 319 Å². The largest absolute Gasteiger partial charge is 0.456 e. The van der Waals surface area contributed by atoms with E-state index in [2.05, 4.69) is 114 Å². The van der Waals surface area contributed by atoms with Crippen LogP contribution in [0.25, 0.3) is 87.8 Å². The van der Waals surface area contributed by atoms with Gasteiger partial charge in [-0.2, -0.15) is 9.97 Å². The lowest BCUT2D eigenvalue weighted by molar-refractivity contribution is 0.669. The molecule has 0 radical (unpaired) electrons. The molecule has 0 saturated carbocycles. The van der Waals surface area contributed by atoms with Crippen molar-refractivity contribution in [2.24, 2.45) is 0 Å². The second kappa shape index (κ2) is 11.7. The monoisotopic (exact) mass is 720 g/mol. The highest BCUT2D eigenvalue weighted by molar-refractivity contribution is 7.99. The molecule has 0 spiro atoms. The summed E-state index contributed by atoms with van der Waals surface area (Å²) in [5.41, 5.74) is 5.50. The average Bonchev–Trinajstić information content (AvgIpc) is 3.60. The highest BCUT2D eigenvalue weighted by Gasteiger charge is 2.30. The molecule has 0 fully saturated rings. The van der Waals surface area contributed by atoms with Gasteiger partial charge in [-0.05, 0) is 73.4 Å². The topological polar surface area (TPSA) is 55.1 Å². The van der Waals surface area contributed by atoms with Crippen LogP contribution in [0.3, 0.4) is 0 Å². The lowest BCUT2D eigenvalue weighted by Gasteiger charge is -2.31. The zero-order valence-corrected chi connectivity index (χ0v) is 30.1. The van der Waals surface area contributed by atoms with Crippen molar-refractivity contribution in [2.45, 2.75) is 9.79 Å². The Balaban J connectivity index is 1.14. The summed E-state index contributed by atoms with van der Waals surface area (Å²) in [6.45, 7) is 0. The van der Waals surface area contributed by atoms with Gasteiger partial charge >= 0.3 is 0 Å². The van der Waals surface area contributed by atoms with Crippen molar-refractivity contribution in [3.63, 3.8) is 0 Å². The third kappa shape index (κ3) is 4.72. The summed E-state index contributed by atoms with van der Waals surface area (Å²) < 4.78 is 6.83. The van der Waals surface area contributed by atoms with Crippen molar-refractivity contribution in [3.05, 3.63) is 170 Å². The zero-order chi connectivity index (χ0) is 36.0. The van der Waals surface area contributed by atoms with E-state index in [0.29, 0.717) is 17.6 Å². The van der Waals surface area contributed by atoms with E-state index < -0.39 is 0 Å². The standard InChI is InChI=1S/C49H28N4OS/c1-3-13-29(14-4-1)47-50-48(30-15-5-2-6-16-30)52-49(51-47)53-41-23-31-17-7-8-18-32(31)24-45(41)55-46-27-40-39-25-37-35-21-11-9-19-33(35)34-20-10-12-22-36(34)38(37)26-43(39)54-44(40)28-42(46)53/h1-28H. The maximum absolute atomic E-state index is 6.83. The Kier molecular flexibility index (Phi) is 6.50. The third-order valence-corrected chi connectivity index (χ3v) is 11.9. The van der Waals surface area contributed by atoms with E-state index in [-0.39, 0.29) is 0 Å². The molecule has 0 unspecified atom stereocenters. The molecule has 0 aliphatic carbocycles. The number of anilines is 3. The first-order chi connectivity index (χ1) is 27.2. The predicted octanol–water partition coefficient (Wildman–Crippen LogP) is 13.7. The van der Waals surface area contributed by atoms with E-state index in [1.165, 1.54) is 37.7 Å². The van der Waals surface area contributed by atoms with Gasteiger partial charge in [0.25, 0.3) is 0 Å². The number of aromatic nitrogens is 3. The van der Waals surface area contributed by atoms with Gasteiger partial charge in [-0.1, -0.05) is 145 Å². The molecule has 5 nitrogen and oxygen atoms in total. The van der Waals surface area contributed by atoms with E-state index in [4.69, 9.17) is 19.4 Å². The average molecular weight is 721 g/mol. The molecule has 2 aromatic heterocycles. The maximum Gasteiger partial charge on any atom is 0.238 e. The fourth-order valence-electron chi connectivity index (χ4n) is 8.27. The number of hydrogen-bond acceptors (Lipinski definition) is 6. The van der Waals surface area contributed by atoms with Crippen LogP contribution in [0.1, 0.15) is 0 Å². The number of furan rings is 1. The molecule has 0 atom stereocenters. The van der Waals surface area contributed by atoms with Gasteiger partial charge in [0.05, 0.1) is 11.4 Å².